The average molecular weight is 251 g/mol. The molecular weight excluding hydrogens is 242 g/mol. The van der Waals surface area contributed by atoms with E-state index in [0.717, 1.165) is 16.4 Å². The largest absolute Gasteiger partial charge is 0.465 e. The van der Waals surface area contributed by atoms with Crippen molar-refractivity contribution in [1.82, 2.24) is 0 Å². The van der Waals surface area contributed by atoms with Gasteiger partial charge in [-0.25, -0.2) is 18.3 Å². The van der Waals surface area contributed by atoms with Crippen molar-refractivity contribution in [2.45, 2.75) is 0 Å². The van der Waals surface area contributed by atoms with Gasteiger partial charge in [0.1, 0.15) is 4.88 Å². The highest BCUT2D eigenvalue weighted by molar-refractivity contribution is 7.67. The fourth-order valence-electron chi connectivity index (χ4n) is 0.846. The first-order valence-corrected chi connectivity index (χ1v) is 5.75. The molecule has 6 nitrogen and oxygen atoms in total. The number of carbonyl (C=O) groups is 1. The molecule has 0 spiro atoms. The summed E-state index contributed by atoms with van der Waals surface area (Å²) in [4.78, 5) is 11.5. The lowest BCUT2D eigenvalue weighted by atomic mass is 10.4. The smallest absolute Gasteiger partial charge is 0.348 e. The van der Waals surface area contributed by atoms with Gasteiger partial charge in [-0.3, -0.25) is 0 Å². The Morgan fingerprint density at radius 1 is 1.53 bits per heavy atom. The minimum Gasteiger partial charge on any atom is -0.465 e. The highest BCUT2D eigenvalue weighted by atomic mass is 32.2. The number of esters is 1. The molecule has 0 N–H and O–H groups in total. The van der Waals surface area contributed by atoms with Crippen molar-refractivity contribution >= 4 is 34.0 Å². The maximum Gasteiger partial charge on any atom is 0.348 e. The third-order valence-corrected chi connectivity index (χ3v) is 2.80. The monoisotopic (exact) mass is 251 g/mol. The fraction of sp³-hybridized carbons (Fsp3) is 0.286. The van der Waals surface area contributed by atoms with Crippen LogP contribution in [-0.2, 0) is 20.0 Å². The van der Waals surface area contributed by atoms with Crippen molar-refractivity contribution in [3.63, 3.8) is 0 Å². The second kappa shape index (κ2) is 5.10. The van der Waals surface area contributed by atoms with Gasteiger partial charge in [0, 0.05) is 12.4 Å². The number of hydroxylamine groups is 1. The summed E-state index contributed by atoms with van der Waals surface area (Å²) in [6, 6.07) is 1.48. The zero-order valence-electron chi connectivity index (χ0n) is 8.00. The maximum atomic E-state index is 11.1. The lowest BCUT2D eigenvalue weighted by Crippen LogP contribution is -2.15. The Morgan fingerprint density at radius 3 is 2.73 bits per heavy atom. The molecule has 0 radical (unpaired) electrons. The molecular formula is C7H9NO5S2. The third kappa shape index (κ3) is 3.18. The van der Waals surface area contributed by atoms with Crippen LogP contribution in [-0.4, -0.2) is 28.5 Å². The minimum atomic E-state index is -2.96. The van der Waals surface area contributed by atoms with Crippen LogP contribution in [0.5, 0.6) is 0 Å². The highest BCUT2D eigenvalue weighted by Gasteiger charge is 2.11. The van der Waals surface area contributed by atoms with Crippen molar-refractivity contribution in [3.8, 4) is 0 Å². The molecule has 8 heteroatoms. The standard InChI is InChI=1S/C7H9NO5S2/c1-8(13-15(10)11)5-3-6(14-4-5)7(9)12-2/h3-4,15H,1-2H3. The summed E-state index contributed by atoms with van der Waals surface area (Å²) in [5.74, 6) is -0.467. The van der Waals surface area contributed by atoms with E-state index in [1.165, 1.54) is 20.2 Å². The van der Waals surface area contributed by atoms with Crippen LogP contribution < -0.4 is 5.06 Å². The van der Waals surface area contributed by atoms with Gasteiger partial charge in [-0.2, -0.15) is 4.28 Å². The lowest BCUT2D eigenvalue weighted by molar-refractivity contribution is 0.0606. The Hall–Kier alpha value is -1.12. The Kier molecular flexibility index (Phi) is 4.06. The normalized spacial score (nSPS) is 10.3. The summed E-state index contributed by atoms with van der Waals surface area (Å²) >= 11 is 1.14. The SMILES string of the molecule is COC(=O)c1cc(N(C)O[SH](=O)=O)cs1. The quantitative estimate of drug-likeness (QED) is 0.475. The fourth-order valence-corrected chi connectivity index (χ4v) is 1.97. The first kappa shape index (κ1) is 12.0. The second-order valence-corrected chi connectivity index (χ2v) is 3.99. The number of carbonyl (C=O) groups excluding carboxylic acids is 1. The highest BCUT2D eigenvalue weighted by Crippen LogP contribution is 2.23. The molecule has 0 atom stereocenters. The molecule has 1 heterocycles. The third-order valence-electron chi connectivity index (χ3n) is 1.52. The van der Waals surface area contributed by atoms with Crippen molar-refractivity contribution in [2.75, 3.05) is 19.2 Å². The first-order chi connectivity index (χ1) is 7.04. The van der Waals surface area contributed by atoms with Gasteiger partial charge >= 0.3 is 5.97 Å². The number of thiophene rings is 1. The van der Waals surface area contributed by atoms with Gasteiger partial charge in [0.05, 0.1) is 12.8 Å². The molecule has 15 heavy (non-hydrogen) atoms. The molecule has 0 amide bonds. The van der Waals surface area contributed by atoms with E-state index in [0.29, 0.717) is 10.6 Å². The van der Waals surface area contributed by atoms with Gasteiger partial charge in [-0.15, -0.1) is 11.3 Å². The van der Waals surface area contributed by atoms with Gasteiger partial charge < -0.3 is 4.74 Å². The molecule has 1 rings (SSSR count). The van der Waals surface area contributed by atoms with Crippen LogP contribution in [0.15, 0.2) is 11.4 Å². The average Bonchev–Trinajstić information content (AvgIpc) is 2.64. The van der Waals surface area contributed by atoms with Crippen molar-refractivity contribution in [2.24, 2.45) is 0 Å². The molecule has 0 aliphatic carbocycles. The Balaban J connectivity index is 2.79. The molecule has 0 aliphatic heterocycles. The van der Waals surface area contributed by atoms with E-state index in [1.54, 1.807) is 5.38 Å². The summed E-state index contributed by atoms with van der Waals surface area (Å²) in [6.07, 6.45) is 0. The molecule has 0 aliphatic rings. The number of anilines is 1. The lowest BCUT2D eigenvalue weighted by Gasteiger charge is -2.10. The van der Waals surface area contributed by atoms with Crippen molar-refractivity contribution < 1.29 is 22.2 Å². The molecule has 0 fully saturated rings. The second-order valence-electron chi connectivity index (χ2n) is 2.46. The van der Waals surface area contributed by atoms with Gasteiger partial charge in [0.15, 0.2) is 0 Å². The van der Waals surface area contributed by atoms with Crippen LogP contribution >= 0.6 is 11.3 Å². The molecule has 0 saturated heterocycles. The predicted octanol–water partition coefficient (Wildman–Crippen LogP) is 0.429. The summed E-state index contributed by atoms with van der Waals surface area (Å²) in [6.45, 7) is 0. The number of thiol groups is 1. The van der Waals surface area contributed by atoms with Crippen LogP contribution in [0.1, 0.15) is 9.67 Å². The zero-order valence-corrected chi connectivity index (χ0v) is 9.71. The van der Waals surface area contributed by atoms with Gasteiger partial charge in [-0.1, -0.05) is 0 Å². The van der Waals surface area contributed by atoms with E-state index in [2.05, 4.69) is 9.02 Å². The molecule has 84 valence electrons. The van der Waals surface area contributed by atoms with Gasteiger partial charge in [-0.05, 0) is 6.07 Å². The topological polar surface area (TPSA) is 72.9 Å². The zero-order chi connectivity index (χ0) is 11.4. The Labute approximate surface area is 92.1 Å². The molecule has 0 unspecified atom stereocenters. The number of methoxy groups -OCH3 is 1. The number of nitrogens with zero attached hydrogens (tertiary/aromatic N) is 1. The molecule has 0 bridgehead atoms. The number of ether oxygens (including phenoxy) is 1. The number of rotatable bonds is 4. The minimum absolute atomic E-state index is 0.379. The number of hydrogen-bond acceptors (Lipinski definition) is 7. The van der Waals surface area contributed by atoms with E-state index in [9.17, 15) is 13.2 Å². The maximum absolute atomic E-state index is 11.1. The van der Waals surface area contributed by atoms with Crippen LogP contribution in [0.25, 0.3) is 0 Å². The van der Waals surface area contributed by atoms with Crippen LogP contribution in [0.2, 0.25) is 0 Å². The van der Waals surface area contributed by atoms with Gasteiger partial charge in [0.2, 0.25) is 0 Å². The summed E-state index contributed by atoms with van der Waals surface area (Å²) < 4.78 is 29.4. The number of hydrogen-bond donors (Lipinski definition) is 1. The molecule has 1 aromatic rings. The Morgan fingerprint density at radius 2 is 2.20 bits per heavy atom. The van der Waals surface area contributed by atoms with Gasteiger partial charge in [0.25, 0.3) is 11.0 Å². The van der Waals surface area contributed by atoms with E-state index in [1.807, 2.05) is 0 Å². The van der Waals surface area contributed by atoms with Crippen LogP contribution in [0.4, 0.5) is 5.69 Å². The molecule has 0 saturated carbocycles. The van der Waals surface area contributed by atoms with Crippen LogP contribution in [0.3, 0.4) is 0 Å². The summed E-state index contributed by atoms with van der Waals surface area (Å²) in [7, 11) is -0.260. The van der Waals surface area contributed by atoms with E-state index in [4.69, 9.17) is 0 Å². The Bertz CT molecular complexity index is 417. The predicted molar refractivity (Wildman–Crippen MR) is 55.5 cm³/mol. The van der Waals surface area contributed by atoms with E-state index < -0.39 is 17.0 Å². The van der Waals surface area contributed by atoms with Crippen molar-refractivity contribution in [1.29, 1.82) is 0 Å². The van der Waals surface area contributed by atoms with E-state index >= 15 is 0 Å². The molecule has 0 aromatic carbocycles. The van der Waals surface area contributed by atoms with E-state index in [-0.39, 0.29) is 0 Å². The van der Waals surface area contributed by atoms with Crippen molar-refractivity contribution in [3.05, 3.63) is 16.3 Å². The summed E-state index contributed by atoms with van der Waals surface area (Å²) in [5, 5.41) is 2.64. The summed E-state index contributed by atoms with van der Waals surface area (Å²) in [5.41, 5.74) is 0.472. The van der Waals surface area contributed by atoms with Crippen LogP contribution in [0, 0.1) is 0 Å². The molecule has 1 aromatic heterocycles. The first-order valence-electron chi connectivity index (χ1n) is 3.77.